The molecule has 31 heavy (non-hydrogen) atoms. The molecule has 0 radical (unpaired) electrons. The van der Waals surface area contributed by atoms with Crippen molar-refractivity contribution >= 4 is 26.1 Å². The summed E-state index contributed by atoms with van der Waals surface area (Å²) in [6.07, 6.45) is 9.66. The Labute approximate surface area is 188 Å². The fourth-order valence-corrected chi connectivity index (χ4v) is 4.84. The van der Waals surface area contributed by atoms with Crippen LogP contribution in [-0.4, -0.2) is 39.3 Å². The molecule has 3 rings (SSSR count). The van der Waals surface area contributed by atoms with Gasteiger partial charge in [0.1, 0.15) is 18.4 Å². The normalized spacial score (nSPS) is 26.3. The summed E-state index contributed by atoms with van der Waals surface area (Å²) in [7, 11) is -1.90. The second kappa shape index (κ2) is 8.87. The molecule has 1 aliphatic carbocycles. The van der Waals surface area contributed by atoms with E-state index in [4.69, 9.17) is 14.2 Å². The maximum atomic E-state index is 12.2. The zero-order valence-electron chi connectivity index (χ0n) is 19.9. The number of hydrogen-bond acceptors (Lipinski definition) is 4. The lowest BCUT2D eigenvalue weighted by molar-refractivity contribution is -0.114. The van der Waals surface area contributed by atoms with Gasteiger partial charge in [-0.3, -0.25) is 0 Å². The van der Waals surface area contributed by atoms with Gasteiger partial charge in [-0.25, -0.2) is 4.99 Å². The van der Waals surface area contributed by atoms with Crippen molar-refractivity contribution in [3.05, 3.63) is 54.1 Å². The maximum Gasteiger partial charge on any atom is 0.192 e. The number of hydrogen-bond donors (Lipinski definition) is 0. The van der Waals surface area contributed by atoms with Crippen LogP contribution >= 0.6 is 0 Å². The van der Waals surface area contributed by atoms with E-state index in [2.05, 4.69) is 64.2 Å². The Morgan fingerprint density at radius 1 is 1.19 bits per heavy atom. The zero-order chi connectivity index (χ0) is 22.8. The monoisotopic (exact) mass is 439 g/mol. The predicted molar refractivity (Wildman–Crippen MR) is 131 cm³/mol. The first-order chi connectivity index (χ1) is 14.5. The third kappa shape index (κ3) is 5.44. The molecule has 5 heteroatoms. The van der Waals surface area contributed by atoms with Gasteiger partial charge in [-0.1, -0.05) is 69.3 Å². The largest absolute Gasteiger partial charge is 0.479 e. The van der Waals surface area contributed by atoms with E-state index in [1.807, 2.05) is 25.1 Å². The van der Waals surface area contributed by atoms with Crippen LogP contribution in [0.15, 0.2) is 53.6 Å². The average molecular weight is 440 g/mol. The fourth-order valence-electron chi connectivity index (χ4n) is 3.78. The van der Waals surface area contributed by atoms with Crippen molar-refractivity contribution in [2.45, 2.75) is 70.6 Å². The molecule has 0 N–H and O–H groups in total. The molecule has 1 heterocycles. The van der Waals surface area contributed by atoms with Crippen LogP contribution in [0.1, 0.15) is 52.5 Å². The smallest absolute Gasteiger partial charge is 0.192 e. The van der Waals surface area contributed by atoms with Crippen molar-refractivity contribution in [3.63, 3.8) is 0 Å². The molecule has 1 aromatic rings. The van der Waals surface area contributed by atoms with E-state index in [1.165, 1.54) is 11.1 Å². The third-order valence-electron chi connectivity index (χ3n) is 7.15. The van der Waals surface area contributed by atoms with Gasteiger partial charge >= 0.3 is 0 Å². The van der Waals surface area contributed by atoms with Gasteiger partial charge in [0.2, 0.25) is 0 Å². The number of nitrogens with zero attached hydrogens (tertiary/aromatic N) is 1. The first kappa shape index (κ1) is 23.7. The number of aldehydes is 1. The SMILES string of the molecule is CC1=NC(CCC2(C=O)C=CC(c3ccccc3)=CC2)(CO[Si](C)(C)C(C)(C)C)CO1. The number of benzene rings is 1. The van der Waals surface area contributed by atoms with Crippen LogP contribution in [-0.2, 0) is 14.0 Å². The Bertz CT molecular complexity index is 882. The Balaban J connectivity index is 1.71. The second-order valence-corrected chi connectivity index (χ2v) is 15.4. The Hall–Kier alpha value is -1.98. The van der Waals surface area contributed by atoms with E-state index in [-0.39, 0.29) is 5.04 Å². The quantitative estimate of drug-likeness (QED) is 0.358. The highest BCUT2D eigenvalue weighted by molar-refractivity contribution is 6.74. The lowest BCUT2D eigenvalue weighted by Crippen LogP contribution is -2.46. The van der Waals surface area contributed by atoms with Crippen LogP contribution in [0.25, 0.3) is 5.57 Å². The lowest BCUT2D eigenvalue weighted by atomic mass is 9.74. The topological polar surface area (TPSA) is 47.9 Å². The van der Waals surface area contributed by atoms with E-state index < -0.39 is 19.3 Å². The van der Waals surface area contributed by atoms with Gasteiger partial charge in [-0.05, 0) is 48.5 Å². The molecule has 0 amide bonds. The highest BCUT2D eigenvalue weighted by atomic mass is 28.4. The summed E-state index contributed by atoms with van der Waals surface area (Å²) in [4.78, 5) is 17.0. The van der Waals surface area contributed by atoms with Crippen LogP contribution in [0.3, 0.4) is 0 Å². The van der Waals surface area contributed by atoms with Crippen molar-refractivity contribution in [2.75, 3.05) is 13.2 Å². The molecule has 1 aromatic carbocycles. The van der Waals surface area contributed by atoms with Gasteiger partial charge in [0.05, 0.1) is 6.61 Å². The molecule has 2 aliphatic rings. The van der Waals surface area contributed by atoms with Crippen LogP contribution < -0.4 is 0 Å². The predicted octanol–water partition coefficient (Wildman–Crippen LogP) is 6.20. The van der Waals surface area contributed by atoms with Gasteiger partial charge in [-0.2, -0.15) is 0 Å². The van der Waals surface area contributed by atoms with Crippen LogP contribution in [0.4, 0.5) is 0 Å². The molecule has 0 saturated heterocycles. The van der Waals surface area contributed by atoms with Gasteiger partial charge < -0.3 is 14.0 Å². The highest BCUT2D eigenvalue weighted by Crippen LogP contribution is 2.41. The Morgan fingerprint density at radius 3 is 2.42 bits per heavy atom. The highest BCUT2D eigenvalue weighted by Gasteiger charge is 2.43. The number of carbonyl (C=O) groups excluding carboxylic acids is 1. The van der Waals surface area contributed by atoms with E-state index in [1.54, 1.807) is 0 Å². The van der Waals surface area contributed by atoms with Crippen LogP contribution in [0.2, 0.25) is 18.1 Å². The van der Waals surface area contributed by atoms with E-state index in [0.29, 0.717) is 25.5 Å². The number of allylic oxidation sites excluding steroid dienone is 4. The van der Waals surface area contributed by atoms with Crippen LogP contribution in [0, 0.1) is 5.41 Å². The van der Waals surface area contributed by atoms with Gasteiger partial charge in [-0.15, -0.1) is 0 Å². The van der Waals surface area contributed by atoms with Crippen LogP contribution in [0.5, 0.6) is 0 Å². The van der Waals surface area contributed by atoms with Crippen molar-refractivity contribution in [1.29, 1.82) is 0 Å². The van der Waals surface area contributed by atoms with Gasteiger partial charge in [0.25, 0.3) is 0 Å². The first-order valence-corrected chi connectivity index (χ1v) is 14.2. The molecule has 2 atom stereocenters. The summed E-state index contributed by atoms with van der Waals surface area (Å²) in [6.45, 7) is 14.2. The summed E-state index contributed by atoms with van der Waals surface area (Å²) in [6, 6.07) is 10.3. The van der Waals surface area contributed by atoms with Crippen molar-refractivity contribution in [3.8, 4) is 0 Å². The summed E-state index contributed by atoms with van der Waals surface area (Å²) >= 11 is 0. The summed E-state index contributed by atoms with van der Waals surface area (Å²) in [5, 5.41) is 0.140. The number of rotatable bonds is 8. The lowest BCUT2D eigenvalue weighted by Gasteiger charge is -2.39. The molecule has 0 aromatic heterocycles. The molecule has 0 fully saturated rings. The van der Waals surface area contributed by atoms with E-state index in [9.17, 15) is 4.79 Å². The maximum absolute atomic E-state index is 12.2. The Kier molecular flexibility index (Phi) is 6.77. The molecule has 0 saturated carbocycles. The Morgan fingerprint density at radius 2 is 1.90 bits per heavy atom. The summed E-state index contributed by atoms with van der Waals surface area (Å²) in [5.74, 6) is 0.712. The zero-order valence-corrected chi connectivity index (χ0v) is 20.9. The van der Waals surface area contributed by atoms with Crippen molar-refractivity contribution in [1.82, 2.24) is 0 Å². The minimum absolute atomic E-state index is 0.140. The molecule has 1 aliphatic heterocycles. The molecule has 4 nitrogen and oxygen atoms in total. The van der Waals surface area contributed by atoms with Crippen molar-refractivity contribution < 1.29 is 14.0 Å². The standard InChI is InChI=1S/C26H37NO3Si/c1-21-27-26(19-29-21,20-30-31(5,6)24(2,3)4)17-16-25(18-28)14-12-23(13-15-25)22-10-8-7-9-11-22/h7-14,18H,15-17,19-20H2,1-6H3. The molecule has 0 bridgehead atoms. The average Bonchev–Trinajstić information content (AvgIpc) is 3.12. The molecular weight excluding hydrogens is 402 g/mol. The molecule has 2 unspecified atom stereocenters. The minimum Gasteiger partial charge on any atom is -0.479 e. The second-order valence-electron chi connectivity index (χ2n) is 10.6. The molecular formula is C26H37NO3Si. The third-order valence-corrected chi connectivity index (χ3v) is 11.6. The molecule has 0 spiro atoms. The number of carbonyl (C=O) groups is 1. The van der Waals surface area contributed by atoms with E-state index in [0.717, 1.165) is 19.1 Å². The van der Waals surface area contributed by atoms with Gasteiger partial charge in [0.15, 0.2) is 14.2 Å². The van der Waals surface area contributed by atoms with Crippen molar-refractivity contribution in [2.24, 2.45) is 10.4 Å². The first-order valence-electron chi connectivity index (χ1n) is 11.2. The summed E-state index contributed by atoms with van der Waals surface area (Å²) < 4.78 is 12.3. The number of ether oxygens (including phenoxy) is 1. The number of aliphatic imine (C=N–C) groups is 1. The minimum atomic E-state index is -1.90. The van der Waals surface area contributed by atoms with E-state index >= 15 is 0 Å². The summed E-state index contributed by atoms with van der Waals surface area (Å²) in [5.41, 5.74) is 1.45. The fraction of sp³-hybridized carbons (Fsp3) is 0.538. The molecule has 168 valence electrons. The van der Waals surface area contributed by atoms with Gasteiger partial charge in [0, 0.05) is 12.3 Å².